The van der Waals surface area contributed by atoms with Crippen LogP contribution >= 0.6 is 0 Å². The molecule has 0 spiro atoms. The molecule has 1 amide bonds. The van der Waals surface area contributed by atoms with Crippen molar-refractivity contribution in [3.8, 4) is 0 Å². The lowest BCUT2D eigenvalue weighted by Crippen LogP contribution is -2.39. The largest absolute Gasteiger partial charge is 0.506 e. The first-order valence-corrected chi connectivity index (χ1v) is 10.5. The molecule has 2 aliphatic heterocycles. The highest BCUT2D eigenvalue weighted by molar-refractivity contribution is 6.20. The quantitative estimate of drug-likeness (QED) is 0.628. The van der Waals surface area contributed by atoms with Crippen molar-refractivity contribution in [1.82, 2.24) is 9.88 Å². The van der Waals surface area contributed by atoms with E-state index in [9.17, 15) is 9.90 Å². The van der Waals surface area contributed by atoms with Crippen LogP contribution in [0.1, 0.15) is 39.9 Å². The SMILES string of the molecule is C=C(O)C1=NCc2c(C(=O)N3CCC(Cc4ccccc4)CC3)ccc3[nH]cc1c23. The summed E-state index contributed by atoms with van der Waals surface area (Å²) in [5.41, 5.74) is 5.29. The fourth-order valence-electron chi connectivity index (χ4n) is 4.80. The van der Waals surface area contributed by atoms with Crippen LogP contribution in [0.2, 0.25) is 0 Å². The van der Waals surface area contributed by atoms with Crippen LogP contribution in [-0.2, 0) is 13.0 Å². The van der Waals surface area contributed by atoms with Crippen LogP contribution in [-0.4, -0.2) is 39.7 Å². The summed E-state index contributed by atoms with van der Waals surface area (Å²) in [7, 11) is 0. The van der Waals surface area contributed by atoms with Crippen LogP contribution < -0.4 is 0 Å². The van der Waals surface area contributed by atoms with Gasteiger partial charge in [0.25, 0.3) is 5.91 Å². The molecule has 5 rings (SSSR count). The average Bonchev–Trinajstić information content (AvgIpc) is 3.20. The van der Waals surface area contributed by atoms with Gasteiger partial charge in [0, 0.05) is 41.3 Å². The molecule has 0 bridgehead atoms. The number of H-pyrrole nitrogens is 1. The molecule has 1 fully saturated rings. The van der Waals surface area contributed by atoms with Gasteiger partial charge in [-0.15, -0.1) is 0 Å². The van der Waals surface area contributed by atoms with E-state index >= 15 is 0 Å². The normalized spacial score (nSPS) is 16.5. The number of benzene rings is 2. The van der Waals surface area contributed by atoms with E-state index < -0.39 is 0 Å². The van der Waals surface area contributed by atoms with Crippen molar-refractivity contribution in [3.05, 3.63) is 83.3 Å². The predicted octanol–water partition coefficient (Wildman–Crippen LogP) is 4.64. The Morgan fingerprint density at radius 2 is 1.93 bits per heavy atom. The fraction of sp³-hybridized carbons (Fsp3) is 0.280. The van der Waals surface area contributed by atoms with E-state index in [4.69, 9.17) is 0 Å². The molecule has 1 aromatic heterocycles. The van der Waals surface area contributed by atoms with Crippen LogP contribution in [0.4, 0.5) is 0 Å². The molecule has 0 radical (unpaired) electrons. The van der Waals surface area contributed by atoms with E-state index in [0.717, 1.165) is 59.9 Å². The third kappa shape index (κ3) is 3.20. The van der Waals surface area contributed by atoms with Crippen LogP contribution in [0.25, 0.3) is 10.9 Å². The monoisotopic (exact) mass is 399 g/mol. The average molecular weight is 399 g/mol. The summed E-state index contributed by atoms with van der Waals surface area (Å²) in [6.45, 7) is 5.57. The van der Waals surface area contributed by atoms with E-state index in [-0.39, 0.29) is 11.7 Å². The number of likely N-dealkylation sites (tertiary alicyclic amines) is 1. The molecule has 1 saturated heterocycles. The second-order valence-electron chi connectivity index (χ2n) is 8.25. The van der Waals surface area contributed by atoms with Gasteiger partial charge in [-0.05, 0) is 48.4 Å². The number of aliphatic hydroxyl groups excluding tert-OH is 1. The van der Waals surface area contributed by atoms with Gasteiger partial charge in [-0.2, -0.15) is 0 Å². The molecule has 3 aromatic rings. The standard InChI is InChI=1S/C25H25N3O2/c1-16(29)24-21-15-26-22-8-7-19(20(14-27-24)23(21)22)25(30)28-11-9-18(10-12-28)13-17-5-3-2-4-6-17/h2-8,15,18,26,29H,1,9-14H2. The highest BCUT2D eigenvalue weighted by Gasteiger charge is 2.28. The predicted molar refractivity (Wildman–Crippen MR) is 119 cm³/mol. The molecular formula is C25H25N3O2. The third-order valence-electron chi connectivity index (χ3n) is 6.38. The number of aromatic amines is 1. The van der Waals surface area contributed by atoms with Crippen molar-refractivity contribution in [3.63, 3.8) is 0 Å². The highest BCUT2D eigenvalue weighted by atomic mass is 16.3. The minimum absolute atomic E-state index is 0.0428. The molecule has 5 nitrogen and oxygen atoms in total. The molecular weight excluding hydrogens is 374 g/mol. The Labute approximate surface area is 175 Å². The van der Waals surface area contributed by atoms with Gasteiger partial charge in [0.1, 0.15) is 11.5 Å². The zero-order chi connectivity index (χ0) is 20.7. The molecule has 2 aliphatic rings. The first kappa shape index (κ1) is 18.7. The van der Waals surface area contributed by atoms with E-state index in [1.165, 1.54) is 5.56 Å². The number of amides is 1. The number of carbonyl (C=O) groups is 1. The van der Waals surface area contributed by atoms with Gasteiger partial charge in [-0.25, -0.2) is 0 Å². The number of piperidine rings is 1. The molecule has 152 valence electrons. The van der Waals surface area contributed by atoms with Crippen molar-refractivity contribution < 1.29 is 9.90 Å². The molecule has 0 atom stereocenters. The lowest BCUT2D eigenvalue weighted by molar-refractivity contribution is 0.0689. The van der Waals surface area contributed by atoms with Crippen molar-refractivity contribution in [2.75, 3.05) is 13.1 Å². The first-order valence-electron chi connectivity index (χ1n) is 10.5. The number of aromatic nitrogens is 1. The van der Waals surface area contributed by atoms with Gasteiger partial charge < -0.3 is 15.0 Å². The van der Waals surface area contributed by atoms with Crippen LogP contribution in [0.5, 0.6) is 0 Å². The molecule has 30 heavy (non-hydrogen) atoms. The number of rotatable bonds is 4. The molecule has 0 aliphatic carbocycles. The summed E-state index contributed by atoms with van der Waals surface area (Å²) in [5, 5.41) is 10.8. The summed E-state index contributed by atoms with van der Waals surface area (Å²) in [5.74, 6) is 0.661. The smallest absolute Gasteiger partial charge is 0.254 e. The number of hydrogen-bond acceptors (Lipinski definition) is 3. The fourth-order valence-corrected chi connectivity index (χ4v) is 4.80. The summed E-state index contributed by atoms with van der Waals surface area (Å²) in [6, 6.07) is 14.4. The van der Waals surface area contributed by atoms with Crippen molar-refractivity contribution in [1.29, 1.82) is 0 Å². The summed E-state index contributed by atoms with van der Waals surface area (Å²) < 4.78 is 0. The molecule has 0 saturated carbocycles. The molecule has 5 heteroatoms. The number of carbonyl (C=O) groups excluding carboxylic acids is 1. The lowest BCUT2D eigenvalue weighted by Gasteiger charge is -2.33. The Kier molecular flexibility index (Phi) is 4.66. The number of nitrogens with zero attached hydrogens (tertiary/aromatic N) is 2. The summed E-state index contributed by atoms with van der Waals surface area (Å²) in [4.78, 5) is 23.1. The number of aliphatic imine (C=N–C) groups is 1. The Balaban J connectivity index is 1.35. The van der Waals surface area contributed by atoms with Crippen LogP contribution in [0, 0.1) is 5.92 Å². The molecule has 2 N–H and O–H groups in total. The summed E-state index contributed by atoms with van der Waals surface area (Å²) in [6.07, 6.45) is 4.97. The minimum Gasteiger partial charge on any atom is -0.506 e. The Morgan fingerprint density at radius 1 is 1.17 bits per heavy atom. The van der Waals surface area contributed by atoms with Gasteiger partial charge >= 0.3 is 0 Å². The molecule has 3 heterocycles. The van der Waals surface area contributed by atoms with Crippen molar-refractivity contribution >= 4 is 22.5 Å². The van der Waals surface area contributed by atoms with Crippen molar-refractivity contribution in [2.24, 2.45) is 10.9 Å². The van der Waals surface area contributed by atoms with Gasteiger partial charge in [0.15, 0.2) is 0 Å². The Hall–Kier alpha value is -3.34. The Morgan fingerprint density at radius 3 is 2.67 bits per heavy atom. The van der Waals surface area contributed by atoms with E-state index in [2.05, 4.69) is 40.8 Å². The third-order valence-corrected chi connectivity index (χ3v) is 6.38. The van der Waals surface area contributed by atoms with Crippen LogP contribution in [0.3, 0.4) is 0 Å². The van der Waals surface area contributed by atoms with Crippen LogP contribution in [0.15, 0.2) is 66.0 Å². The van der Waals surface area contributed by atoms with E-state index in [1.54, 1.807) is 0 Å². The topological polar surface area (TPSA) is 68.7 Å². The zero-order valence-electron chi connectivity index (χ0n) is 16.9. The Bertz CT molecular complexity index is 1150. The maximum atomic E-state index is 13.4. The van der Waals surface area contributed by atoms with Gasteiger partial charge in [-0.3, -0.25) is 9.79 Å². The van der Waals surface area contributed by atoms with Gasteiger partial charge in [-0.1, -0.05) is 36.9 Å². The second kappa shape index (κ2) is 7.48. The maximum absolute atomic E-state index is 13.4. The van der Waals surface area contributed by atoms with E-state index in [1.807, 2.05) is 29.3 Å². The second-order valence-corrected chi connectivity index (χ2v) is 8.25. The molecule has 0 unspecified atom stereocenters. The number of hydrogen-bond donors (Lipinski definition) is 2. The van der Waals surface area contributed by atoms with Crippen molar-refractivity contribution in [2.45, 2.75) is 25.8 Å². The number of nitrogens with one attached hydrogen (secondary N) is 1. The lowest BCUT2D eigenvalue weighted by atomic mass is 9.89. The zero-order valence-corrected chi connectivity index (χ0v) is 16.9. The number of allylic oxidation sites excluding steroid dienone is 1. The first-order chi connectivity index (χ1) is 14.6. The maximum Gasteiger partial charge on any atom is 0.254 e. The summed E-state index contributed by atoms with van der Waals surface area (Å²) >= 11 is 0. The number of aliphatic hydroxyl groups is 1. The van der Waals surface area contributed by atoms with Gasteiger partial charge in [0.05, 0.1) is 6.54 Å². The highest BCUT2D eigenvalue weighted by Crippen LogP contribution is 2.33. The van der Waals surface area contributed by atoms with Gasteiger partial charge in [0.2, 0.25) is 0 Å². The minimum atomic E-state index is -0.0428. The van der Waals surface area contributed by atoms with E-state index in [0.29, 0.717) is 18.2 Å². The molecule has 2 aromatic carbocycles.